The summed E-state index contributed by atoms with van der Waals surface area (Å²) in [7, 11) is 0. The van der Waals surface area contributed by atoms with Gasteiger partial charge in [-0.25, -0.2) is 9.78 Å². The van der Waals surface area contributed by atoms with Crippen molar-refractivity contribution in [1.29, 1.82) is 0 Å². The summed E-state index contributed by atoms with van der Waals surface area (Å²) in [5, 5.41) is 12.4. The Morgan fingerprint density at radius 1 is 1.26 bits per heavy atom. The average Bonchev–Trinajstić information content (AvgIpc) is 3.31. The zero-order valence-corrected chi connectivity index (χ0v) is 16.0. The number of amides is 3. The molecule has 0 unspecified atom stereocenters. The monoisotopic (exact) mass is 389 g/mol. The second-order valence-corrected chi connectivity index (χ2v) is 7.40. The van der Waals surface area contributed by atoms with Crippen LogP contribution >= 0.6 is 11.8 Å². The van der Waals surface area contributed by atoms with Gasteiger partial charge < -0.3 is 10.1 Å². The number of benzene rings is 1. The van der Waals surface area contributed by atoms with Crippen LogP contribution in [-0.4, -0.2) is 38.9 Å². The van der Waals surface area contributed by atoms with Crippen LogP contribution in [0, 0.1) is 6.92 Å². The number of aromatic amines is 1. The molecule has 144 valence electrons. The first-order valence-corrected chi connectivity index (χ1v) is 9.91. The Balaban J connectivity index is 1.37. The highest BCUT2D eigenvalue weighted by Gasteiger charge is 2.18. The molecule has 0 spiro atoms. The number of rotatable bonds is 7. The van der Waals surface area contributed by atoms with E-state index in [4.69, 9.17) is 4.74 Å². The van der Waals surface area contributed by atoms with Crippen LogP contribution in [0.15, 0.2) is 29.4 Å². The number of nitrogens with one attached hydrogen (secondary N) is 3. The van der Waals surface area contributed by atoms with Crippen molar-refractivity contribution < 1.29 is 14.3 Å². The molecule has 1 saturated carbocycles. The van der Waals surface area contributed by atoms with Gasteiger partial charge >= 0.3 is 6.03 Å². The molecule has 3 N–H and O–H groups in total. The lowest BCUT2D eigenvalue weighted by Gasteiger charge is -2.11. The van der Waals surface area contributed by atoms with Crippen molar-refractivity contribution in [3.05, 3.63) is 35.7 Å². The fourth-order valence-corrected chi connectivity index (χ4v) is 3.39. The smallest absolute Gasteiger partial charge is 0.321 e. The molecule has 1 aliphatic carbocycles. The molecule has 0 saturated heterocycles. The minimum Gasteiger partial charge on any atom is -0.486 e. The van der Waals surface area contributed by atoms with Crippen molar-refractivity contribution in [2.45, 2.75) is 50.4 Å². The number of carbonyl (C=O) groups is 2. The van der Waals surface area contributed by atoms with Gasteiger partial charge in [-0.05, 0) is 31.9 Å². The predicted octanol–water partition coefficient (Wildman–Crippen LogP) is 2.55. The summed E-state index contributed by atoms with van der Waals surface area (Å²) in [5.41, 5.74) is 1.16. The van der Waals surface area contributed by atoms with E-state index in [1.54, 1.807) is 0 Å². The van der Waals surface area contributed by atoms with Crippen LogP contribution in [0.25, 0.3) is 0 Å². The van der Waals surface area contributed by atoms with Crippen LogP contribution in [0.5, 0.6) is 5.75 Å². The third kappa shape index (κ3) is 6.28. The largest absolute Gasteiger partial charge is 0.486 e. The van der Waals surface area contributed by atoms with Crippen LogP contribution < -0.4 is 15.4 Å². The van der Waals surface area contributed by atoms with Gasteiger partial charge in [-0.1, -0.05) is 42.3 Å². The van der Waals surface area contributed by atoms with Crippen LogP contribution in [-0.2, 0) is 11.4 Å². The Labute approximate surface area is 161 Å². The lowest BCUT2D eigenvalue weighted by molar-refractivity contribution is -0.117. The van der Waals surface area contributed by atoms with Gasteiger partial charge in [-0.15, -0.1) is 5.10 Å². The number of H-pyrrole nitrogens is 1. The quantitative estimate of drug-likeness (QED) is 0.628. The Bertz CT molecular complexity index is 772. The molecule has 1 heterocycles. The number of imide groups is 1. The average molecular weight is 389 g/mol. The molecule has 0 aliphatic heterocycles. The number of hydrogen-bond acceptors (Lipinski definition) is 6. The lowest BCUT2D eigenvalue weighted by atomic mass is 10.2. The first-order valence-electron chi connectivity index (χ1n) is 8.92. The first-order chi connectivity index (χ1) is 13.1. The molecule has 0 bridgehead atoms. The van der Waals surface area contributed by atoms with Crippen LogP contribution in [0.2, 0.25) is 0 Å². The molecule has 0 atom stereocenters. The lowest BCUT2D eigenvalue weighted by Crippen LogP contribution is -2.44. The van der Waals surface area contributed by atoms with Gasteiger partial charge in [0.05, 0.1) is 5.75 Å². The Kier molecular flexibility index (Phi) is 6.69. The van der Waals surface area contributed by atoms with Gasteiger partial charge in [-0.2, -0.15) is 0 Å². The van der Waals surface area contributed by atoms with Crippen LogP contribution in [0.3, 0.4) is 0 Å². The maximum absolute atomic E-state index is 11.9. The highest BCUT2D eigenvalue weighted by atomic mass is 32.2. The van der Waals surface area contributed by atoms with Crippen LogP contribution in [0.4, 0.5) is 4.79 Å². The maximum atomic E-state index is 11.9. The Hall–Kier alpha value is -2.55. The third-order valence-electron chi connectivity index (χ3n) is 4.18. The normalized spacial score (nSPS) is 14.1. The van der Waals surface area contributed by atoms with Gasteiger partial charge in [0, 0.05) is 6.04 Å². The topological polar surface area (TPSA) is 109 Å². The predicted molar refractivity (Wildman–Crippen MR) is 102 cm³/mol. The highest BCUT2D eigenvalue weighted by molar-refractivity contribution is 7.99. The molecule has 8 nitrogen and oxygen atoms in total. The summed E-state index contributed by atoms with van der Waals surface area (Å²) < 4.78 is 5.63. The minimum atomic E-state index is -0.435. The molecule has 0 radical (unpaired) electrons. The number of nitrogens with zero attached hydrogens (tertiary/aromatic N) is 2. The summed E-state index contributed by atoms with van der Waals surface area (Å²) in [6.07, 6.45) is 4.19. The molecule has 1 fully saturated rings. The molecule has 2 aromatic rings. The second-order valence-electron chi connectivity index (χ2n) is 6.46. The van der Waals surface area contributed by atoms with E-state index in [-0.39, 0.29) is 24.3 Å². The molecular formula is C18H23N5O3S. The van der Waals surface area contributed by atoms with E-state index in [0.29, 0.717) is 11.0 Å². The summed E-state index contributed by atoms with van der Waals surface area (Å²) in [6, 6.07) is 7.46. The van der Waals surface area contributed by atoms with Crippen molar-refractivity contribution in [2.75, 3.05) is 5.75 Å². The fraction of sp³-hybridized carbons (Fsp3) is 0.444. The summed E-state index contributed by atoms with van der Waals surface area (Å²) in [5.74, 6) is 1.00. The molecule has 1 aromatic heterocycles. The number of urea groups is 1. The van der Waals surface area contributed by atoms with E-state index in [2.05, 4.69) is 25.8 Å². The number of aryl methyl sites for hydroxylation is 1. The molecule has 27 heavy (non-hydrogen) atoms. The molecule has 1 aliphatic rings. The summed E-state index contributed by atoms with van der Waals surface area (Å²) in [4.78, 5) is 27.9. The van der Waals surface area contributed by atoms with E-state index in [0.717, 1.165) is 48.8 Å². The number of carbonyl (C=O) groups excluding carboxylic acids is 2. The van der Waals surface area contributed by atoms with Crippen molar-refractivity contribution >= 4 is 23.7 Å². The standard InChI is InChI=1S/C18H23N5O3S/c1-12-6-8-14(9-7-12)26-10-15-20-18(23-22-15)27-11-16(24)21-17(25)19-13-4-2-3-5-13/h6-9,13H,2-5,10-11H2,1H3,(H,20,22,23)(H2,19,21,24,25). The Morgan fingerprint density at radius 3 is 2.74 bits per heavy atom. The zero-order valence-electron chi connectivity index (χ0n) is 15.2. The first kappa shape index (κ1) is 19.2. The summed E-state index contributed by atoms with van der Waals surface area (Å²) in [6.45, 7) is 2.27. The SMILES string of the molecule is Cc1ccc(OCc2nc(SCC(=O)NC(=O)NC3CCCC3)n[nH]2)cc1. The number of thioether (sulfide) groups is 1. The number of aromatic nitrogens is 3. The van der Waals surface area contributed by atoms with E-state index in [1.165, 1.54) is 0 Å². The van der Waals surface area contributed by atoms with E-state index < -0.39 is 6.03 Å². The third-order valence-corrected chi connectivity index (χ3v) is 5.03. The number of hydrogen-bond donors (Lipinski definition) is 3. The number of ether oxygens (including phenoxy) is 1. The van der Waals surface area contributed by atoms with E-state index >= 15 is 0 Å². The van der Waals surface area contributed by atoms with Crippen molar-refractivity contribution in [3.63, 3.8) is 0 Å². The van der Waals surface area contributed by atoms with E-state index in [9.17, 15) is 9.59 Å². The van der Waals surface area contributed by atoms with Gasteiger partial charge in [0.25, 0.3) is 0 Å². The van der Waals surface area contributed by atoms with Gasteiger partial charge in [0.2, 0.25) is 11.1 Å². The highest BCUT2D eigenvalue weighted by Crippen LogP contribution is 2.17. The maximum Gasteiger partial charge on any atom is 0.321 e. The van der Waals surface area contributed by atoms with Gasteiger partial charge in [-0.3, -0.25) is 15.2 Å². The molecule has 3 amide bonds. The van der Waals surface area contributed by atoms with Crippen molar-refractivity contribution in [1.82, 2.24) is 25.8 Å². The second kappa shape index (κ2) is 9.40. The van der Waals surface area contributed by atoms with Gasteiger partial charge in [0.1, 0.15) is 12.4 Å². The van der Waals surface area contributed by atoms with Crippen molar-refractivity contribution in [2.24, 2.45) is 0 Å². The molecular weight excluding hydrogens is 366 g/mol. The van der Waals surface area contributed by atoms with Crippen LogP contribution in [0.1, 0.15) is 37.1 Å². The summed E-state index contributed by atoms with van der Waals surface area (Å²) >= 11 is 1.16. The molecule has 3 rings (SSSR count). The van der Waals surface area contributed by atoms with Crippen molar-refractivity contribution in [3.8, 4) is 5.75 Å². The fourth-order valence-electron chi connectivity index (χ4n) is 2.78. The molecule has 9 heteroatoms. The van der Waals surface area contributed by atoms with E-state index in [1.807, 2.05) is 31.2 Å². The Morgan fingerprint density at radius 2 is 2.00 bits per heavy atom. The molecule has 1 aromatic carbocycles. The zero-order chi connectivity index (χ0) is 19.1. The minimum absolute atomic E-state index is 0.0637. The van der Waals surface area contributed by atoms with Gasteiger partial charge in [0.15, 0.2) is 5.82 Å².